The average Bonchev–Trinajstić information content (AvgIpc) is 2.45. The molecule has 0 saturated carbocycles. The van der Waals surface area contributed by atoms with E-state index in [-0.39, 0.29) is 0 Å². The van der Waals surface area contributed by atoms with Crippen LogP contribution in [0.5, 0.6) is 0 Å². The first kappa shape index (κ1) is 16.8. The lowest BCUT2D eigenvalue weighted by molar-refractivity contribution is 0.364. The highest BCUT2D eigenvalue weighted by atomic mass is 35.5. The van der Waals surface area contributed by atoms with Gasteiger partial charge in [-0.3, -0.25) is 0 Å². The first-order valence-electron chi connectivity index (χ1n) is 7.77. The maximum absolute atomic E-state index is 13.0. The number of sulfonamides is 1. The average molecular weight is 330 g/mol. The zero-order valence-electron chi connectivity index (χ0n) is 12.6. The predicted molar refractivity (Wildman–Crippen MR) is 87.2 cm³/mol. The summed E-state index contributed by atoms with van der Waals surface area (Å²) in [5.74, 6) is 0.340. The van der Waals surface area contributed by atoms with Crippen LogP contribution in [0.1, 0.15) is 50.2 Å². The molecule has 1 saturated heterocycles. The molecule has 0 N–H and O–H groups in total. The number of rotatable bonds is 4. The molecule has 5 heteroatoms. The highest BCUT2D eigenvalue weighted by molar-refractivity contribution is 7.89. The minimum absolute atomic E-state index is 0.340. The summed E-state index contributed by atoms with van der Waals surface area (Å²) >= 11 is 5.87. The maximum atomic E-state index is 13.0. The van der Waals surface area contributed by atoms with E-state index in [1.165, 1.54) is 6.42 Å². The van der Waals surface area contributed by atoms with Crippen LogP contribution in [0.4, 0.5) is 0 Å². The highest BCUT2D eigenvalue weighted by Crippen LogP contribution is 2.25. The van der Waals surface area contributed by atoms with E-state index < -0.39 is 10.0 Å². The Kier molecular flexibility index (Phi) is 6.08. The third kappa shape index (κ3) is 3.99. The summed E-state index contributed by atoms with van der Waals surface area (Å²) in [5, 5.41) is 0. The van der Waals surface area contributed by atoms with Gasteiger partial charge in [0.25, 0.3) is 0 Å². The van der Waals surface area contributed by atoms with Crippen molar-refractivity contribution in [2.75, 3.05) is 13.1 Å². The van der Waals surface area contributed by atoms with Crippen molar-refractivity contribution in [2.24, 2.45) is 0 Å². The van der Waals surface area contributed by atoms with Crippen molar-refractivity contribution in [1.82, 2.24) is 4.31 Å². The number of alkyl halides is 1. The van der Waals surface area contributed by atoms with E-state index in [2.05, 4.69) is 0 Å². The van der Waals surface area contributed by atoms with Gasteiger partial charge < -0.3 is 0 Å². The van der Waals surface area contributed by atoms with E-state index in [4.69, 9.17) is 11.6 Å². The van der Waals surface area contributed by atoms with E-state index in [1.807, 2.05) is 19.1 Å². The molecule has 1 aliphatic rings. The molecule has 1 fully saturated rings. The second-order valence-corrected chi connectivity index (χ2v) is 7.77. The Morgan fingerprint density at radius 2 is 1.71 bits per heavy atom. The van der Waals surface area contributed by atoms with Crippen LogP contribution < -0.4 is 0 Å². The van der Waals surface area contributed by atoms with Crippen LogP contribution in [-0.2, 0) is 22.3 Å². The predicted octanol–water partition coefficient (Wildman–Crippen LogP) is 3.94. The summed E-state index contributed by atoms with van der Waals surface area (Å²) in [6.45, 7) is 3.26. The summed E-state index contributed by atoms with van der Waals surface area (Å²) in [6.07, 6.45) is 6.08. The van der Waals surface area contributed by atoms with Crippen molar-refractivity contribution in [1.29, 1.82) is 0 Å². The zero-order chi connectivity index (χ0) is 15.3. The maximum Gasteiger partial charge on any atom is 0.243 e. The Hall–Kier alpha value is -0.580. The molecule has 1 aromatic rings. The number of halogens is 1. The lowest BCUT2D eigenvalue weighted by Crippen LogP contribution is -2.34. The Bertz CT molecular complexity index is 564. The first-order valence-corrected chi connectivity index (χ1v) is 9.75. The van der Waals surface area contributed by atoms with Crippen LogP contribution in [0.25, 0.3) is 0 Å². The summed E-state index contributed by atoms with van der Waals surface area (Å²) in [7, 11) is -3.40. The minimum Gasteiger partial charge on any atom is -0.207 e. The van der Waals surface area contributed by atoms with Crippen LogP contribution in [0.2, 0.25) is 0 Å². The molecule has 0 bridgehead atoms. The molecule has 21 heavy (non-hydrogen) atoms. The molecule has 0 spiro atoms. The zero-order valence-corrected chi connectivity index (χ0v) is 14.2. The van der Waals surface area contributed by atoms with Crippen LogP contribution in [0.3, 0.4) is 0 Å². The van der Waals surface area contributed by atoms with Gasteiger partial charge in [0.1, 0.15) is 0 Å². The quantitative estimate of drug-likeness (QED) is 0.784. The van der Waals surface area contributed by atoms with Gasteiger partial charge in [-0.2, -0.15) is 4.31 Å². The van der Waals surface area contributed by atoms with Crippen molar-refractivity contribution >= 4 is 21.6 Å². The van der Waals surface area contributed by atoms with E-state index in [0.29, 0.717) is 30.3 Å². The van der Waals surface area contributed by atoms with Gasteiger partial charge in [0.2, 0.25) is 10.0 Å². The topological polar surface area (TPSA) is 37.4 Å². The molecule has 0 unspecified atom stereocenters. The molecular weight excluding hydrogens is 306 g/mol. The number of benzene rings is 1. The lowest BCUT2D eigenvalue weighted by Gasteiger charge is -2.25. The molecule has 1 heterocycles. The van der Waals surface area contributed by atoms with Gasteiger partial charge in [0.15, 0.2) is 0 Å². The highest BCUT2D eigenvalue weighted by Gasteiger charge is 2.26. The fourth-order valence-corrected chi connectivity index (χ4v) is 4.84. The van der Waals surface area contributed by atoms with Crippen LogP contribution >= 0.6 is 11.6 Å². The summed E-state index contributed by atoms with van der Waals surface area (Å²) in [4.78, 5) is 0.448. The van der Waals surface area contributed by atoms with E-state index in [1.54, 1.807) is 10.4 Å². The van der Waals surface area contributed by atoms with Gasteiger partial charge in [0, 0.05) is 19.0 Å². The van der Waals surface area contributed by atoms with Crippen molar-refractivity contribution in [3.05, 3.63) is 29.3 Å². The molecule has 2 rings (SSSR count). The third-order valence-electron chi connectivity index (χ3n) is 4.10. The first-order chi connectivity index (χ1) is 10.1. The molecule has 0 aliphatic carbocycles. The van der Waals surface area contributed by atoms with Crippen LogP contribution in [-0.4, -0.2) is 25.8 Å². The summed E-state index contributed by atoms with van der Waals surface area (Å²) in [5.41, 5.74) is 1.74. The van der Waals surface area contributed by atoms with Crippen molar-refractivity contribution in [3.8, 4) is 0 Å². The Balaban J connectivity index is 2.36. The van der Waals surface area contributed by atoms with E-state index in [9.17, 15) is 8.42 Å². The smallest absolute Gasteiger partial charge is 0.207 e. The van der Waals surface area contributed by atoms with E-state index >= 15 is 0 Å². The third-order valence-corrected chi connectivity index (χ3v) is 6.39. The molecule has 0 radical (unpaired) electrons. The second-order valence-electron chi connectivity index (χ2n) is 5.60. The molecule has 3 nitrogen and oxygen atoms in total. The van der Waals surface area contributed by atoms with Crippen molar-refractivity contribution in [2.45, 2.75) is 56.2 Å². The van der Waals surface area contributed by atoms with Crippen molar-refractivity contribution in [3.63, 3.8) is 0 Å². The summed E-state index contributed by atoms with van der Waals surface area (Å²) < 4.78 is 27.6. The Morgan fingerprint density at radius 1 is 1.10 bits per heavy atom. The minimum atomic E-state index is -3.40. The van der Waals surface area contributed by atoms with Crippen molar-refractivity contribution < 1.29 is 8.42 Å². The molecule has 0 amide bonds. The second kappa shape index (κ2) is 7.61. The van der Waals surface area contributed by atoms with Crippen LogP contribution in [0.15, 0.2) is 23.1 Å². The van der Waals surface area contributed by atoms with Gasteiger partial charge in [-0.25, -0.2) is 8.42 Å². The van der Waals surface area contributed by atoms with Gasteiger partial charge in [-0.1, -0.05) is 38.3 Å². The molecular formula is C16H24ClNO2S. The largest absolute Gasteiger partial charge is 0.243 e. The molecule has 0 aromatic heterocycles. The SMILES string of the molecule is CCc1ccc(CCl)cc1S(=O)(=O)N1CCCCCCC1. The number of aryl methyl sites for hydroxylation is 1. The van der Waals surface area contributed by atoms with Gasteiger partial charge in [0.05, 0.1) is 4.90 Å². The van der Waals surface area contributed by atoms with Gasteiger partial charge in [-0.15, -0.1) is 11.6 Å². The fourth-order valence-electron chi connectivity index (χ4n) is 2.81. The lowest BCUT2D eigenvalue weighted by atomic mass is 10.1. The van der Waals surface area contributed by atoms with Gasteiger partial charge in [-0.05, 0) is 36.5 Å². The Morgan fingerprint density at radius 3 is 2.29 bits per heavy atom. The standard InChI is InChI=1S/C16H24ClNO2S/c1-2-15-9-8-14(13-17)12-16(15)21(19,20)18-10-6-4-3-5-7-11-18/h8-9,12H,2-7,10-11,13H2,1H3. The normalized spacial score (nSPS) is 18.2. The molecule has 118 valence electrons. The van der Waals surface area contributed by atoms with E-state index in [0.717, 1.165) is 36.8 Å². The monoisotopic (exact) mass is 329 g/mol. The van der Waals surface area contributed by atoms with Gasteiger partial charge >= 0.3 is 0 Å². The number of nitrogens with zero attached hydrogens (tertiary/aromatic N) is 1. The fraction of sp³-hybridized carbons (Fsp3) is 0.625. The molecule has 1 aliphatic heterocycles. The number of hydrogen-bond donors (Lipinski definition) is 0. The van der Waals surface area contributed by atoms with Crippen LogP contribution in [0, 0.1) is 0 Å². The Labute approximate surface area is 133 Å². The number of hydrogen-bond acceptors (Lipinski definition) is 2. The molecule has 1 aromatic carbocycles. The summed E-state index contributed by atoms with van der Waals surface area (Å²) in [6, 6.07) is 5.56. The molecule has 0 atom stereocenters.